The Hall–Kier alpha value is -8.35. The number of primary amides is 1. The zero-order chi connectivity index (χ0) is 69.8. The van der Waals surface area contributed by atoms with Crippen molar-refractivity contribution in [1.82, 2.24) is 21.3 Å². The van der Waals surface area contributed by atoms with Crippen molar-refractivity contribution >= 4 is 64.7 Å². The SMILES string of the molecule is CCCC1O[C@@H]2C[C@H]3[C@@H]4CCC5=CC(=O)C=CC5[C@H]4[C@@H](O)C[C@]3(C)[C@]2(C(=O)COC(=O)OCc2ccc(NC(=O)[C@H](CCCNC(N)=O)NC(=O)[C@@H](NC(=O)CCOCCOCCOCCOCCNC(=O)CCC(=O)N3Cc4ccccc4C#Cc4ccccc43)C(C)C)cc2)O1. The number of urea groups is 1. The molecule has 1 saturated heterocycles. The summed E-state index contributed by atoms with van der Waals surface area (Å²) in [7, 11) is 0. The Morgan fingerprint density at radius 2 is 1.48 bits per heavy atom. The molecule has 3 aromatic carbocycles. The van der Waals surface area contributed by atoms with Crippen molar-refractivity contribution in [1.29, 1.82) is 0 Å². The molecule has 4 aliphatic carbocycles. The van der Waals surface area contributed by atoms with Gasteiger partial charge in [0.15, 0.2) is 24.3 Å². The van der Waals surface area contributed by atoms with E-state index in [-0.39, 0.29) is 132 Å². The lowest BCUT2D eigenvalue weighted by atomic mass is 9.49. The summed E-state index contributed by atoms with van der Waals surface area (Å²) >= 11 is 0. The molecule has 9 rings (SSSR count). The standard InChI is InChI=1S/C73H93N7O18/c1-5-11-65-97-61-41-56-55-25-21-50-40-53(81)24-26-54(50)66(55)59(82)42-72(56,4)73(61,98-65)60(83)45-96-71(90)95-44-47-17-22-52(23-18-47)77-68(87)57(15-10-30-76-70(74)89)78-69(88)67(46(2)3)79-63(85)29-32-91-34-36-93-38-39-94-37-35-92-33-31-75-62(84)27-28-64(86)80-43-51-14-7-6-12-48(51)19-20-49-13-8-9-16-58(49)80/h6-9,12-14,16-18,22-24,26,40,46,54-57,59,61,65-67,82H,5,10-11,15,21,25,27-39,41-45H2,1-4H3,(H,75,84)(H,77,87)(H,78,88)(H,79,85)(H3,74,76,89)/t54?,55-,56-,57-,59-,61+,65?,66+,67-,72-,73+/m0/s1. The molecule has 2 unspecified atom stereocenters. The highest BCUT2D eigenvalue weighted by molar-refractivity contribution is 6.01. The fourth-order valence-electron chi connectivity index (χ4n) is 14.6. The smallest absolute Gasteiger partial charge is 0.429 e. The molecule has 3 aromatic rings. The summed E-state index contributed by atoms with van der Waals surface area (Å²) in [4.78, 5) is 120. The van der Waals surface area contributed by atoms with Gasteiger partial charge in [0.25, 0.3) is 0 Å². The highest BCUT2D eigenvalue weighted by Crippen LogP contribution is 2.68. The van der Waals surface area contributed by atoms with Gasteiger partial charge < -0.3 is 80.2 Å². The summed E-state index contributed by atoms with van der Waals surface area (Å²) in [6.45, 7) is 9.31. The first-order valence-electron chi connectivity index (χ1n) is 34.1. The zero-order valence-corrected chi connectivity index (χ0v) is 56.3. The van der Waals surface area contributed by atoms with Gasteiger partial charge >= 0.3 is 12.2 Å². The minimum atomic E-state index is -1.47. The molecule has 3 saturated carbocycles. The van der Waals surface area contributed by atoms with Crippen molar-refractivity contribution in [2.24, 2.45) is 40.7 Å². The number of ether oxygens (including phenoxy) is 8. The third-order valence-corrected chi connectivity index (χ3v) is 19.3. The Bertz CT molecular complexity index is 3460. The van der Waals surface area contributed by atoms with Crippen molar-refractivity contribution in [2.75, 3.05) is 82.8 Å². The first-order chi connectivity index (χ1) is 47.3. The summed E-state index contributed by atoms with van der Waals surface area (Å²) in [5.74, 6) is 3.25. The molecular weight excluding hydrogens is 1260 g/mol. The predicted molar refractivity (Wildman–Crippen MR) is 358 cm³/mol. The molecule has 2 heterocycles. The fraction of sp³-hybridized carbons (Fsp3) is 0.548. The van der Waals surface area contributed by atoms with Gasteiger partial charge in [0.2, 0.25) is 35.3 Å². The molecule has 0 radical (unpaired) electrons. The van der Waals surface area contributed by atoms with Gasteiger partial charge in [-0.05, 0) is 122 Å². The lowest BCUT2D eigenvalue weighted by molar-refractivity contribution is -0.197. The van der Waals surface area contributed by atoms with Crippen LogP contribution in [0.2, 0.25) is 0 Å². The van der Waals surface area contributed by atoms with Gasteiger partial charge in [0, 0.05) is 60.5 Å². The predicted octanol–water partition coefficient (Wildman–Crippen LogP) is 6.00. The molecule has 2 aliphatic heterocycles. The quantitative estimate of drug-likeness (QED) is 0.0202. The Balaban J connectivity index is 0.634. The van der Waals surface area contributed by atoms with Gasteiger partial charge in [-0.3, -0.25) is 33.6 Å². The minimum absolute atomic E-state index is 0.0296. The van der Waals surface area contributed by atoms with Crippen molar-refractivity contribution in [3.63, 3.8) is 0 Å². The van der Waals surface area contributed by atoms with E-state index in [1.807, 2.05) is 68.5 Å². The second-order valence-electron chi connectivity index (χ2n) is 26.2. The Morgan fingerprint density at radius 3 is 2.20 bits per heavy atom. The van der Waals surface area contributed by atoms with Gasteiger partial charge in [0.1, 0.15) is 18.7 Å². The maximum Gasteiger partial charge on any atom is 0.509 e. The van der Waals surface area contributed by atoms with E-state index in [4.69, 9.17) is 43.6 Å². The van der Waals surface area contributed by atoms with Crippen LogP contribution in [0.4, 0.5) is 21.0 Å². The van der Waals surface area contributed by atoms with Gasteiger partial charge in [-0.15, -0.1) is 0 Å². The maximum atomic E-state index is 14.6. The number of carbonyl (C=O) groups is 9. The number of aliphatic hydroxyl groups is 1. The van der Waals surface area contributed by atoms with Crippen LogP contribution in [0, 0.1) is 46.8 Å². The molecule has 25 heteroatoms. The summed E-state index contributed by atoms with van der Waals surface area (Å²) in [5.41, 5.74) is 8.11. The van der Waals surface area contributed by atoms with Crippen LogP contribution in [0.5, 0.6) is 0 Å². The summed E-state index contributed by atoms with van der Waals surface area (Å²) in [6.07, 6.45) is 6.01. The first kappa shape index (κ1) is 73.9. The lowest BCUT2D eigenvalue weighted by Crippen LogP contribution is -2.62. The van der Waals surface area contributed by atoms with Gasteiger partial charge in [-0.25, -0.2) is 9.59 Å². The molecule has 0 aromatic heterocycles. The van der Waals surface area contributed by atoms with E-state index < -0.39 is 83.9 Å². The normalized spacial score (nSPS) is 23.8. The highest BCUT2D eigenvalue weighted by Gasteiger charge is 2.75. The summed E-state index contributed by atoms with van der Waals surface area (Å²) in [6, 6.07) is 18.7. The zero-order valence-electron chi connectivity index (χ0n) is 56.3. The van der Waals surface area contributed by atoms with Crippen molar-refractivity contribution in [3.8, 4) is 11.8 Å². The van der Waals surface area contributed by atoms with Crippen LogP contribution in [-0.2, 0) is 84.6 Å². The molecule has 11 atom stereocenters. The van der Waals surface area contributed by atoms with Crippen molar-refractivity contribution in [2.45, 2.75) is 148 Å². The van der Waals surface area contributed by atoms with E-state index in [1.54, 1.807) is 55.2 Å². The van der Waals surface area contributed by atoms with Crippen LogP contribution in [0.1, 0.15) is 121 Å². The number of hydrogen-bond acceptors (Lipinski definition) is 18. The number of Topliss-reactive ketones (excluding diaryl/α,β-unsaturated/α-hetero) is 1. The van der Waals surface area contributed by atoms with Gasteiger partial charge in [-0.2, -0.15) is 0 Å². The van der Waals surface area contributed by atoms with E-state index in [0.717, 1.165) is 41.5 Å². The first-order valence-corrected chi connectivity index (χ1v) is 34.1. The van der Waals surface area contributed by atoms with E-state index in [9.17, 15) is 48.3 Å². The lowest BCUT2D eigenvalue weighted by Gasteiger charge is -2.56. The summed E-state index contributed by atoms with van der Waals surface area (Å²) in [5, 5.41) is 25.5. The van der Waals surface area contributed by atoms with Crippen LogP contribution >= 0.6 is 0 Å². The number of aliphatic hydroxyl groups excluding tert-OH is 1. The average Bonchev–Trinajstić information content (AvgIpc) is 1.50. The number of benzene rings is 3. The number of ketones is 2. The summed E-state index contributed by atoms with van der Waals surface area (Å²) < 4.78 is 46.3. The van der Waals surface area contributed by atoms with E-state index in [1.165, 1.54) is 0 Å². The average molecular weight is 1360 g/mol. The van der Waals surface area contributed by atoms with Crippen LogP contribution in [-0.4, -0.2) is 167 Å². The number of nitrogens with one attached hydrogen (secondary N) is 5. The highest BCUT2D eigenvalue weighted by atomic mass is 16.8. The monoisotopic (exact) mass is 1360 g/mol. The number of carbonyl (C=O) groups excluding carboxylic acids is 9. The second kappa shape index (κ2) is 35.4. The number of fused-ring (bicyclic) bond motifs is 9. The topological polar surface area (TPSA) is 337 Å². The molecule has 98 heavy (non-hydrogen) atoms. The van der Waals surface area contributed by atoms with E-state index in [2.05, 4.69) is 38.4 Å². The van der Waals surface area contributed by atoms with Crippen LogP contribution in [0.15, 0.2) is 96.6 Å². The Kier molecular flexibility index (Phi) is 26.7. The maximum absolute atomic E-state index is 14.6. The van der Waals surface area contributed by atoms with Crippen LogP contribution < -0.4 is 37.2 Å². The van der Waals surface area contributed by atoms with Crippen molar-refractivity contribution in [3.05, 3.63) is 119 Å². The number of amides is 7. The second-order valence-corrected chi connectivity index (χ2v) is 26.2. The molecule has 4 fully saturated rings. The molecule has 0 spiro atoms. The number of anilines is 2. The number of para-hydroxylation sites is 1. The molecule has 6 aliphatic rings. The Morgan fingerprint density at radius 1 is 0.786 bits per heavy atom. The number of nitrogens with zero attached hydrogens (tertiary/aromatic N) is 1. The van der Waals surface area contributed by atoms with Gasteiger partial charge in [-0.1, -0.05) is 100 Å². The number of nitrogens with two attached hydrogens (primary N) is 1. The fourth-order valence-corrected chi connectivity index (χ4v) is 14.6. The van der Waals surface area contributed by atoms with Gasteiger partial charge in [0.05, 0.1) is 77.3 Å². The van der Waals surface area contributed by atoms with Crippen LogP contribution in [0.3, 0.4) is 0 Å². The Labute approximate surface area is 571 Å². The molecule has 8 N–H and O–H groups in total. The largest absolute Gasteiger partial charge is 0.509 e. The van der Waals surface area contributed by atoms with E-state index >= 15 is 0 Å². The third kappa shape index (κ3) is 18.9. The molecule has 25 nitrogen and oxygen atoms in total. The molecular formula is C73H93N7O18. The van der Waals surface area contributed by atoms with E-state index in [0.29, 0.717) is 62.8 Å². The number of hydrogen-bond donors (Lipinski definition) is 7. The number of allylic oxidation sites excluding steroid dienone is 4. The number of rotatable bonds is 35. The molecule has 0 bridgehead atoms. The van der Waals surface area contributed by atoms with Crippen LogP contribution in [0.25, 0.3) is 0 Å². The molecule has 528 valence electrons. The van der Waals surface area contributed by atoms with Crippen molar-refractivity contribution < 1.29 is 86.2 Å². The third-order valence-electron chi connectivity index (χ3n) is 19.3. The minimum Gasteiger partial charge on any atom is -0.429 e. The molecule has 7 amide bonds.